The zero-order valence-electron chi connectivity index (χ0n) is 18.8. The molecule has 0 heterocycles. The van der Waals surface area contributed by atoms with Crippen molar-refractivity contribution in [2.75, 3.05) is 17.2 Å². The van der Waals surface area contributed by atoms with Crippen molar-refractivity contribution in [1.29, 1.82) is 5.26 Å². The lowest BCUT2D eigenvalue weighted by molar-refractivity contribution is -0.118. The van der Waals surface area contributed by atoms with Crippen LogP contribution in [0, 0.1) is 32.1 Å². The average molecular weight is 440 g/mol. The smallest absolute Gasteiger partial charge is 0.266 e. The third kappa shape index (κ3) is 6.81. The number of ether oxygens (including phenoxy) is 1. The van der Waals surface area contributed by atoms with E-state index in [9.17, 15) is 14.9 Å². The highest BCUT2D eigenvalue weighted by Gasteiger charge is 2.11. The molecule has 2 N–H and O–H groups in total. The molecule has 3 aromatic carbocycles. The minimum atomic E-state index is -0.474. The first-order chi connectivity index (χ1) is 15.8. The standard InChI is InChI=1S/C27H25N3O3/c1-18-5-4-6-23(14-18)29-26(31)17-33-24-10-8-21(9-11-24)15-22(16-28)27(32)30-25-12-7-19(2)13-20(25)3/h4-15H,17H2,1-3H3,(H,29,31)(H,30,32)/b22-15+. The van der Waals surface area contributed by atoms with Crippen LogP contribution in [-0.2, 0) is 9.59 Å². The van der Waals surface area contributed by atoms with E-state index >= 15 is 0 Å². The fourth-order valence-electron chi connectivity index (χ4n) is 3.19. The van der Waals surface area contributed by atoms with Crippen molar-refractivity contribution in [3.63, 3.8) is 0 Å². The molecule has 0 radical (unpaired) electrons. The summed E-state index contributed by atoms with van der Waals surface area (Å²) < 4.78 is 5.53. The van der Waals surface area contributed by atoms with Gasteiger partial charge in [-0.05, 0) is 73.9 Å². The number of amides is 2. The van der Waals surface area contributed by atoms with Gasteiger partial charge in [0.1, 0.15) is 17.4 Å². The summed E-state index contributed by atoms with van der Waals surface area (Å²) in [4.78, 5) is 24.6. The minimum Gasteiger partial charge on any atom is -0.484 e. The van der Waals surface area contributed by atoms with E-state index in [1.165, 1.54) is 6.08 Å². The molecule has 33 heavy (non-hydrogen) atoms. The maximum absolute atomic E-state index is 12.5. The van der Waals surface area contributed by atoms with Crippen LogP contribution in [0.2, 0.25) is 0 Å². The van der Waals surface area contributed by atoms with E-state index in [0.717, 1.165) is 16.7 Å². The van der Waals surface area contributed by atoms with Gasteiger partial charge in [0.15, 0.2) is 6.61 Å². The van der Waals surface area contributed by atoms with Crippen LogP contribution in [0.4, 0.5) is 11.4 Å². The van der Waals surface area contributed by atoms with Crippen LogP contribution in [0.15, 0.2) is 72.3 Å². The number of rotatable bonds is 7. The van der Waals surface area contributed by atoms with Crippen molar-refractivity contribution in [1.82, 2.24) is 0 Å². The molecule has 0 saturated heterocycles. The first kappa shape index (κ1) is 23.3. The van der Waals surface area contributed by atoms with Gasteiger partial charge in [-0.3, -0.25) is 9.59 Å². The van der Waals surface area contributed by atoms with Gasteiger partial charge in [0, 0.05) is 11.4 Å². The van der Waals surface area contributed by atoms with E-state index < -0.39 is 5.91 Å². The van der Waals surface area contributed by atoms with Gasteiger partial charge >= 0.3 is 0 Å². The van der Waals surface area contributed by atoms with E-state index in [0.29, 0.717) is 22.7 Å². The molecule has 0 fully saturated rings. The second-order valence-corrected chi connectivity index (χ2v) is 7.72. The van der Waals surface area contributed by atoms with Crippen molar-refractivity contribution in [3.8, 4) is 11.8 Å². The number of benzene rings is 3. The van der Waals surface area contributed by atoms with Crippen LogP contribution >= 0.6 is 0 Å². The van der Waals surface area contributed by atoms with Gasteiger partial charge < -0.3 is 15.4 Å². The minimum absolute atomic E-state index is 0.0128. The van der Waals surface area contributed by atoms with Crippen LogP contribution in [0.1, 0.15) is 22.3 Å². The Labute approximate surface area is 193 Å². The van der Waals surface area contributed by atoms with Crippen LogP contribution in [-0.4, -0.2) is 18.4 Å². The number of nitrogens with one attached hydrogen (secondary N) is 2. The Bertz CT molecular complexity index is 1240. The Kier molecular flexibility index (Phi) is 7.61. The van der Waals surface area contributed by atoms with Gasteiger partial charge in [0.2, 0.25) is 0 Å². The molecule has 6 heteroatoms. The van der Waals surface area contributed by atoms with Crippen molar-refractivity contribution < 1.29 is 14.3 Å². The Morgan fingerprint density at radius 1 is 0.939 bits per heavy atom. The van der Waals surface area contributed by atoms with Crippen LogP contribution in [0.5, 0.6) is 5.75 Å². The van der Waals surface area contributed by atoms with Crippen molar-refractivity contribution in [2.45, 2.75) is 20.8 Å². The van der Waals surface area contributed by atoms with E-state index in [2.05, 4.69) is 10.6 Å². The van der Waals surface area contributed by atoms with E-state index in [1.54, 1.807) is 24.3 Å². The summed E-state index contributed by atoms with van der Waals surface area (Å²) in [6, 6.07) is 21.9. The molecule has 166 valence electrons. The molecule has 3 aromatic rings. The van der Waals surface area contributed by atoms with E-state index in [-0.39, 0.29) is 18.1 Å². The van der Waals surface area contributed by atoms with Crippen LogP contribution in [0.3, 0.4) is 0 Å². The second kappa shape index (κ2) is 10.8. The summed E-state index contributed by atoms with van der Waals surface area (Å²) in [5.74, 6) is -0.234. The first-order valence-electron chi connectivity index (χ1n) is 10.4. The molecule has 0 spiro atoms. The number of hydrogen-bond acceptors (Lipinski definition) is 4. The van der Waals surface area contributed by atoms with E-state index in [1.807, 2.05) is 69.3 Å². The molecular weight excluding hydrogens is 414 g/mol. The topological polar surface area (TPSA) is 91.2 Å². The summed E-state index contributed by atoms with van der Waals surface area (Å²) in [6.07, 6.45) is 1.51. The van der Waals surface area contributed by atoms with Gasteiger partial charge in [-0.2, -0.15) is 5.26 Å². The van der Waals surface area contributed by atoms with Gasteiger partial charge in [-0.15, -0.1) is 0 Å². The maximum Gasteiger partial charge on any atom is 0.266 e. The molecule has 3 rings (SSSR count). The van der Waals surface area contributed by atoms with Gasteiger partial charge in [-0.1, -0.05) is 42.0 Å². The number of carbonyl (C=O) groups excluding carboxylic acids is 2. The Morgan fingerprint density at radius 3 is 2.33 bits per heavy atom. The summed E-state index contributed by atoms with van der Waals surface area (Å²) in [5.41, 5.74) is 5.11. The number of carbonyl (C=O) groups is 2. The Hall–Kier alpha value is -4.37. The lowest BCUT2D eigenvalue weighted by Gasteiger charge is -2.09. The molecule has 0 unspecified atom stereocenters. The Morgan fingerprint density at radius 2 is 1.67 bits per heavy atom. The summed E-state index contributed by atoms with van der Waals surface area (Å²) in [5, 5.41) is 15.0. The normalized spacial score (nSPS) is 10.8. The molecule has 0 aliphatic rings. The summed E-state index contributed by atoms with van der Waals surface area (Å²) >= 11 is 0. The maximum atomic E-state index is 12.5. The quantitative estimate of drug-likeness (QED) is 0.392. The fraction of sp³-hybridized carbons (Fsp3) is 0.148. The second-order valence-electron chi connectivity index (χ2n) is 7.72. The number of anilines is 2. The third-order valence-corrected chi connectivity index (χ3v) is 4.86. The number of nitrogens with zero attached hydrogens (tertiary/aromatic N) is 1. The van der Waals surface area contributed by atoms with Gasteiger partial charge in [-0.25, -0.2) is 0 Å². The number of hydrogen-bond donors (Lipinski definition) is 2. The zero-order valence-corrected chi connectivity index (χ0v) is 18.8. The SMILES string of the molecule is Cc1cccc(NC(=O)COc2ccc(/C=C(\C#N)C(=O)Nc3ccc(C)cc3C)cc2)c1. The largest absolute Gasteiger partial charge is 0.484 e. The average Bonchev–Trinajstić information content (AvgIpc) is 2.78. The predicted molar refractivity (Wildman–Crippen MR) is 130 cm³/mol. The van der Waals surface area contributed by atoms with Crippen molar-refractivity contribution in [2.24, 2.45) is 0 Å². The number of aryl methyl sites for hydroxylation is 3. The Balaban J connectivity index is 1.59. The highest BCUT2D eigenvalue weighted by Crippen LogP contribution is 2.19. The number of nitriles is 1. The molecule has 0 saturated carbocycles. The summed E-state index contributed by atoms with van der Waals surface area (Å²) in [6.45, 7) is 5.69. The molecule has 0 aliphatic heterocycles. The summed E-state index contributed by atoms with van der Waals surface area (Å²) in [7, 11) is 0. The molecule has 0 aromatic heterocycles. The molecule has 0 bridgehead atoms. The van der Waals surface area contributed by atoms with E-state index in [4.69, 9.17) is 4.74 Å². The highest BCUT2D eigenvalue weighted by atomic mass is 16.5. The van der Waals surface area contributed by atoms with Crippen LogP contribution < -0.4 is 15.4 Å². The van der Waals surface area contributed by atoms with Gasteiger partial charge in [0.05, 0.1) is 0 Å². The molecule has 6 nitrogen and oxygen atoms in total. The highest BCUT2D eigenvalue weighted by molar-refractivity contribution is 6.10. The predicted octanol–water partition coefficient (Wildman–Crippen LogP) is 5.18. The lowest BCUT2D eigenvalue weighted by atomic mass is 10.1. The van der Waals surface area contributed by atoms with Crippen molar-refractivity contribution >= 4 is 29.3 Å². The lowest BCUT2D eigenvalue weighted by Crippen LogP contribution is -2.20. The van der Waals surface area contributed by atoms with Crippen LogP contribution in [0.25, 0.3) is 6.08 Å². The fourth-order valence-corrected chi connectivity index (χ4v) is 3.19. The molecule has 0 aliphatic carbocycles. The molecule has 2 amide bonds. The van der Waals surface area contributed by atoms with Crippen molar-refractivity contribution in [3.05, 3.63) is 94.6 Å². The molecule has 0 atom stereocenters. The monoisotopic (exact) mass is 439 g/mol. The van der Waals surface area contributed by atoms with Gasteiger partial charge in [0.25, 0.3) is 11.8 Å². The third-order valence-electron chi connectivity index (χ3n) is 4.86. The first-order valence-corrected chi connectivity index (χ1v) is 10.4. The zero-order chi connectivity index (χ0) is 23.8. The molecular formula is C27H25N3O3.